The molecule has 0 aliphatic carbocycles. The van der Waals surface area contributed by atoms with Crippen molar-refractivity contribution in [3.05, 3.63) is 26.8 Å². The Morgan fingerprint density at radius 1 is 1.36 bits per heavy atom. The number of halogens is 2. The number of nitrogens with one attached hydrogen (secondary N) is 1. The Kier molecular flexibility index (Phi) is 5.78. The second-order valence-electron chi connectivity index (χ2n) is 3.49. The van der Waals surface area contributed by atoms with Crippen LogP contribution in [-0.4, -0.2) is 0 Å². The molecule has 0 saturated carbocycles. The van der Waals surface area contributed by atoms with Gasteiger partial charge in [-0.05, 0) is 58.7 Å². The molecule has 0 aliphatic heterocycles. The summed E-state index contributed by atoms with van der Waals surface area (Å²) in [5.41, 5.74) is 6.31. The van der Waals surface area contributed by atoms with Crippen LogP contribution in [0.3, 0.4) is 0 Å². The molecule has 0 fully saturated rings. The van der Waals surface area contributed by atoms with Crippen LogP contribution in [-0.2, 0) is 0 Å². The zero-order chi connectivity index (χ0) is 10.0. The van der Waals surface area contributed by atoms with Crippen molar-refractivity contribution < 1.29 is 0 Å². The molecule has 0 aromatic heterocycles. The van der Waals surface area contributed by atoms with Crippen molar-refractivity contribution in [1.82, 2.24) is 0 Å². The lowest BCUT2D eigenvalue weighted by molar-refractivity contribution is 0.865. The van der Waals surface area contributed by atoms with Crippen molar-refractivity contribution in [2.45, 2.75) is 26.7 Å². The van der Waals surface area contributed by atoms with E-state index in [1.807, 2.05) is 0 Å². The van der Waals surface area contributed by atoms with Gasteiger partial charge in [-0.25, -0.2) is 0 Å². The van der Waals surface area contributed by atoms with Crippen molar-refractivity contribution in [2.24, 2.45) is 5.84 Å². The van der Waals surface area contributed by atoms with E-state index in [9.17, 15) is 0 Å². The second kappa shape index (κ2) is 5.78. The molecule has 2 nitrogen and oxygen atoms in total. The molecule has 1 aromatic carbocycles. The molecular weight excluding hydrogens is 310 g/mol. The third-order valence-corrected chi connectivity index (χ3v) is 3.27. The van der Waals surface area contributed by atoms with Crippen LogP contribution in [0.4, 0.5) is 5.69 Å². The number of hydrogen-bond donors (Lipinski definition) is 2. The smallest absolute Gasteiger partial charge is 0.0523 e. The third kappa shape index (κ3) is 3.00. The van der Waals surface area contributed by atoms with Gasteiger partial charge < -0.3 is 5.43 Å². The van der Waals surface area contributed by atoms with Crippen molar-refractivity contribution >= 4 is 40.7 Å². The summed E-state index contributed by atoms with van der Waals surface area (Å²) in [6.07, 6.45) is 0. The van der Waals surface area contributed by atoms with Crippen LogP contribution in [0.2, 0.25) is 0 Å². The van der Waals surface area contributed by atoms with Crippen molar-refractivity contribution in [1.29, 1.82) is 0 Å². The quantitative estimate of drug-likeness (QED) is 0.496. The second-order valence-corrected chi connectivity index (χ2v) is 4.65. The molecule has 0 atom stereocenters. The average Bonchev–Trinajstić information content (AvgIpc) is 2.08. The van der Waals surface area contributed by atoms with Crippen molar-refractivity contribution in [2.75, 3.05) is 5.43 Å². The van der Waals surface area contributed by atoms with E-state index in [0.717, 1.165) is 5.69 Å². The summed E-state index contributed by atoms with van der Waals surface area (Å²) in [6.45, 7) is 6.43. The van der Waals surface area contributed by atoms with Gasteiger partial charge in [-0.3, -0.25) is 5.84 Å². The maximum absolute atomic E-state index is 5.45. The summed E-state index contributed by atoms with van der Waals surface area (Å²) in [7, 11) is 0. The number of hydrazine groups is 1. The van der Waals surface area contributed by atoms with E-state index in [-0.39, 0.29) is 12.4 Å². The highest BCUT2D eigenvalue weighted by atomic mass is 127. The Balaban J connectivity index is 0.00000169. The summed E-state index contributed by atoms with van der Waals surface area (Å²) < 4.78 is 1.29. The van der Waals surface area contributed by atoms with Crippen molar-refractivity contribution in [3.63, 3.8) is 0 Å². The van der Waals surface area contributed by atoms with Crippen LogP contribution in [0.25, 0.3) is 0 Å². The number of anilines is 1. The number of hydrogen-bond acceptors (Lipinski definition) is 2. The molecule has 0 amide bonds. The summed E-state index contributed by atoms with van der Waals surface area (Å²) in [4.78, 5) is 0. The SMILES string of the molecule is Cc1cc(NN)c(C(C)C)cc1I.Cl. The molecule has 1 rings (SSSR count). The highest BCUT2D eigenvalue weighted by Crippen LogP contribution is 2.27. The van der Waals surface area contributed by atoms with E-state index in [0.29, 0.717) is 5.92 Å². The van der Waals surface area contributed by atoms with E-state index in [2.05, 4.69) is 60.9 Å². The average molecular weight is 327 g/mol. The Bertz CT molecular complexity index is 313. The van der Waals surface area contributed by atoms with Gasteiger partial charge in [0.05, 0.1) is 5.69 Å². The minimum absolute atomic E-state index is 0. The third-order valence-electron chi connectivity index (χ3n) is 2.11. The maximum Gasteiger partial charge on any atom is 0.0523 e. The predicted octanol–water partition coefficient (Wildman–Crippen LogP) is 3.43. The number of rotatable bonds is 2. The first-order valence-corrected chi connectivity index (χ1v) is 5.40. The summed E-state index contributed by atoms with van der Waals surface area (Å²) >= 11 is 2.35. The zero-order valence-electron chi connectivity index (χ0n) is 8.60. The van der Waals surface area contributed by atoms with Gasteiger partial charge in [-0.2, -0.15) is 0 Å². The highest BCUT2D eigenvalue weighted by Gasteiger charge is 2.07. The van der Waals surface area contributed by atoms with E-state index >= 15 is 0 Å². The molecule has 80 valence electrons. The van der Waals surface area contributed by atoms with E-state index in [1.165, 1.54) is 14.7 Å². The van der Waals surface area contributed by atoms with Crippen LogP contribution in [0, 0.1) is 10.5 Å². The molecule has 14 heavy (non-hydrogen) atoms. The molecule has 0 bridgehead atoms. The number of nitrogens with two attached hydrogens (primary N) is 1. The topological polar surface area (TPSA) is 38.0 Å². The van der Waals surface area contributed by atoms with Crippen molar-refractivity contribution in [3.8, 4) is 0 Å². The fraction of sp³-hybridized carbons (Fsp3) is 0.400. The van der Waals surface area contributed by atoms with Crippen LogP contribution in [0.5, 0.6) is 0 Å². The number of nitrogen functional groups attached to an aromatic ring is 1. The van der Waals surface area contributed by atoms with Crippen LogP contribution >= 0.6 is 35.0 Å². The lowest BCUT2D eigenvalue weighted by Gasteiger charge is -2.14. The normalized spacial score (nSPS) is 9.86. The van der Waals surface area contributed by atoms with E-state index in [1.54, 1.807) is 0 Å². The van der Waals surface area contributed by atoms with Gasteiger partial charge in [0.15, 0.2) is 0 Å². The van der Waals surface area contributed by atoms with Crippen LogP contribution < -0.4 is 11.3 Å². The first-order chi connectivity index (χ1) is 6.06. The summed E-state index contributed by atoms with van der Waals surface area (Å²) in [6, 6.07) is 4.28. The fourth-order valence-electron chi connectivity index (χ4n) is 1.30. The monoisotopic (exact) mass is 326 g/mol. The molecular formula is C10H16ClIN2. The molecule has 0 unspecified atom stereocenters. The van der Waals surface area contributed by atoms with Gasteiger partial charge in [-0.1, -0.05) is 13.8 Å². The largest absolute Gasteiger partial charge is 0.324 e. The van der Waals surface area contributed by atoms with Crippen LogP contribution in [0.1, 0.15) is 30.9 Å². The standard InChI is InChI=1S/C10H15IN2.ClH/c1-6(2)8-5-9(11)7(3)4-10(8)13-12;/h4-6,13H,12H2,1-3H3;1H. The molecule has 0 spiro atoms. The summed E-state index contributed by atoms with van der Waals surface area (Å²) in [5.74, 6) is 5.96. The molecule has 0 radical (unpaired) electrons. The Morgan fingerprint density at radius 3 is 2.36 bits per heavy atom. The first-order valence-electron chi connectivity index (χ1n) is 4.33. The number of benzene rings is 1. The lowest BCUT2D eigenvalue weighted by atomic mass is 10.00. The van der Waals surface area contributed by atoms with Gasteiger partial charge in [0, 0.05) is 3.57 Å². The minimum Gasteiger partial charge on any atom is -0.324 e. The molecule has 0 aliphatic rings. The van der Waals surface area contributed by atoms with Gasteiger partial charge in [0.1, 0.15) is 0 Å². The van der Waals surface area contributed by atoms with Gasteiger partial charge in [-0.15, -0.1) is 12.4 Å². The van der Waals surface area contributed by atoms with Gasteiger partial charge in [0.2, 0.25) is 0 Å². The predicted molar refractivity (Wildman–Crippen MR) is 73.0 cm³/mol. The fourth-order valence-corrected chi connectivity index (χ4v) is 1.79. The number of aryl methyl sites for hydroxylation is 1. The minimum atomic E-state index is 0. The summed E-state index contributed by atoms with van der Waals surface area (Å²) in [5, 5.41) is 0. The Hall–Kier alpha value is -0.0000000000000000555. The maximum atomic E-state index is 5.45. The Labute approximate surface area is 105 Å². The Morgan fingerprint density at radius 2 is 1.93 bits per heavy atom. The first kappa shape index (κ1) is 14.0. The van der Waals surface area contributed by atoms with E-state index < -0.39 is 0 Å². The molecule has 4 heteroatoms. The van der Waals surface area contributed by atoms with Gasteiger partial charge in [0.25, 0.3) is 0 Å². The molecule has 1 aromatic rings. The highest BCUT2D eigenvalue weighted by molar-refractivity contribution is 14.1. The molecule has 0 saturated heterocycles. The van der Waals surface area contributed by atoms with E-state index in [4.69, 9.17) is 5.84 Å². The molecule has 3 N–H and O–H groups in total. The van der Waals surface area contributed by atoms with Gasteiger partial charge >= 0.3 is 0 Å². The van der Waals surface area contributed by atoms with Crippen LogP contribution in [0.15, 0.2) is 12.1 Å². The zero-order valence-corrected chi connectivity index (χ0v) is 11.6. The molecule has 0 heterocycles. The lowest BCUT2D eigenvalue weighted by Crippen LogP contribution is -2.10.